The summed E-state index contributed by atoms with van der Waals surface area (Å²) in [7, 11) is -1.71. The van der Waals surface area contributed by atoms with Crippen molar-refractivity contribution in [3.63, 3.8) is 0 Å². The van der Waals surface area contributed by atoms with Crippen molar-refractivity contribution in [3.05, 3.63) is 78.2 Å². The smallest absolute Gasteiger partial charge is 0.251 e. The fourth-order valence-electron chi connectivity index (χ4n) is 4.18. The number of fused-ring (bicyclic) bond motifs is 1. The number of hydrogen-bond acceptors (Lipinski definition) is 7. The fourth-order valence-corrected chi connectivity index (χ4v) is 4.75. The standard InChI is InChI=1S/C27H30N6O3S/c1-17(18(2)21-6-5-7-22-23(27(34)28-3)12-13-29-26(21)22)15-30-25-14-24(31-16-32-25)19-8-10-20(11-9-19)33-37(4,35)36/h5-14,16-18,33H,15H2,1-4H3,(H,28,34)(H,30,31,32)/t17-,18?/m1/s1. The lowest BCUT2D eigenvalue weighted by Gasteiger charge is -2.22. The molecule has 4 aromatic rings. The van der Waals surface area contributed by atoms with Crippen molar-refractivity contribution < 1.29 is 13.2 Å². The van der Waals surface area contributed by atoms with Crippen LogP contribution in [0.3, 0.4) is 0 Å². The highest BCUT2D eigenvalue weighted by atomic mass is 32.2. The molecule has 0 saturated carbocycles. The molecule has 1 amide bonds. The number of rotatable bonds is 9. The topological polar surface area (TPSA) is 126 Å². The Labute approximate surface area is 216 Å². The van der Waals surface area contributed by atoms with Crippen molar-refractivity contribution in [2.24, 2.45) is 5.92 Å². The molecular formula is C27H30N6O3S. The van der Waals surface area contributed by atoms with E-state index in [1.165, 1.54) is 6.33 Å². The number of pyridine rings is 1. The zero-order chi connectivity index (χ0) is 26.6. The summed E-state index contributed by atoms with van der Waals surface area (Å²) in [6.45, 7) is 4.99. The van der Waals surface area contributed by atoms with Gasteiger partial charge >= 0.3 is 0 Å². The second-order valence-corrected chi connectivity index (χ2v) is 10.8. The SMILES string of the molecule is CNC(=O)c1ccnc2c(C(C)[C@H](C)CNc3cc(-c4ccc(NS(C)(=O)=O)cc4)ncn3)cccc12. The molecule has 4 rings (SSSR count). The van der Waals surface area contributed by atoms with Crippen LogP contribution in [0, 0.1) is 5.92 Å². The Morgan fingerprint density at radius 3 is 2.46 bits per heavy atom. The quantitative estimate of drug-likeness (QED) is 0.302. The van der Waals surface area contributed by atoms with E-state index in [-0.39, 0.29) is 17.7 Å². The van der Waals surface area contributed by atoms with E-state index >= 15 is 0 Å². The number of aromatic nitrogens is 3. The molecule has 2 heterocycles. The molecule has 2 atom stereocenters. The molecule has 0 spiro atoms. The van der Waals surface area contributed by atoms with Crippen LogP contribution in [-0.2, 0) is 10.0 Å². The number of amides is 1. The van der Waals surface area contributed by atoms with E-state index < -0.39 is 10.0 Å². The van der Waals surface area contributed by atoms with Crippen LogP contribution < -0.4 is 15.4 Å². The molecule has 0 aliphatic heterocycles. The minimum absolute atomic E-state index is 0.132. The van der Waals surface area contributed by atoms with E-state index in [2.05, 4.69) is 50.2 Å². The predicted octanol–water partition coefficient (Wildman–Crippen LogP) is 4.27. The Balaban J connectivity index is 1.47. The zero-order valence-electron chi connectivity index (χ0n) is 21.2. The molecule has 0 aliphatic rings. The highest BCUT2D eigenvalue weighted by Crippen LogP contribution is 2.31. The van der Waals surface area contributed by atoms with E-state index in [0.29, 0.717) is 23.6 Å². The van der Waals surface area contributed by atoms with Crippen molar-refractivity contribution in [3.8, 4) is 11.3 Å². The van der Waals surface area contributed by atoms with Crippen LogP contribution in [-0.4, -0.2) is 49.1 Å². The molecule has 0 saturated heterocycles. The van der Waals surface area contributed by atoms with Crippen LogP contribution in [0.25, 0.3) is 22.2 Å². The summed E-state index contributed by atoms with van der Waals surface area (Å²) in [5.41, 5.74) is 4.60. The second-order valence-electron chi connectivity index (χ2n) is 9.07. The number of anilines is 2. The lowest BCUT2D eigenvalue weighted by atomic mass is 9.87. The summed E-state index contributed by atoms with van der Waals surface area (Å²) in [6, 6.07) is 16.6. The molecule has 1 unspecified atom stereocenters. The molecule has 9 nitrogen and oxygen atoms in total. The van der Waals surface area contributed by atoms with Gasteiger partial charge in [-0.15, -0.1) is 0 Å². The number of para-hydroxylation sites is 1. The van der Waals surface area contributed by atoms with E-state index in [0.717, 1.165) is 34.0 Å². The molecule has 0 fully saturated rings. The monoisotopic (exact) mass is 518 g/mol. The van der Waals surface area contributed by atoms with Crippen LogP contribution in [0.2, 0.25) is 0 Å². The van der Waals surface area contributed by atoms with Gasteiger partial charge in [-0.1, -0.05) is 44.2 Å². The molecule has 2 aromatic heterocycles. The maximum atomic E-state index is 12.3. The Bertz CT molecular complexity index is 1520. The highest BCUT2D eigenvalue weighted by Gasteiger charge is 2.19. The molecule has 192 valence electrons. The van der Waals surface area contributed by atoms with Gasteiger partial charge in [0.15, 0.2) is 0 Å². The van der Waals surface area contributed by atoms with Crippen molar-refractivity contribution in [1.29, 1.82) is 0 Å². The van der Waals surface area contributed by atoms with Gasteiger partial charge in [-0.3, -0.25) is 14.5 Å². The number of benzene rings is 2. The Hall–Kier alpha value is -4.05. The third-order valence-electron chi connectivity index (χ3n) is 6.37. The van der Waals surface area contributed by atoms with Gasteiger partial charge in [0.05, 0.1) is 23.0 Å². The first-order valence-electron chi connectivity index (χ1n) is 11.9. The number of hydrogen-bond donors (Lipinski definition) is 3. The highest BCUT2D eigenvalue weighted by molar-refractivity contribution is 7.92. The average Bonchev–Trinajstić information content (AvgIpc) is 2.90. The molecular weight excluding hydrogens is 488 g/mol. The first-order chi connectivity index (χ1) is 17.7. The summed E-state index contributed by atoms with van der Waals surface area (Å²) in [5, 5.41) is 6.94. The first kappa shape index (κ1) is 26.0. The summed E-state index contributed by atoms with van der Waals surface area (Å²) >= 11 is 0. The predicted molar refractivity (Wildman–Crippen MR) is 147 cm³/mol. The van der Waals surface area contributed by atoms with E-state index in [4.69, 9.17) is 0 Å². The maximum Gasteiger partial charge on any atom is 0.251 e. The second kappa shape index (κ2) is 10.9. The largest absolute Gasteiger partial charge is 0.370 e. The lowest BCUT2D eigenvalue weighted by Crippen LogP contribution is -2.19. The third kappa shape index (κ3) is 6.21. The van der Waals surface area contributed by atoms with Gasteiger partial charge in [0.2, 0.25) is 10.0 Å². The van der Waals surface area contributed by atoms with Gasteiger partial charge in [0.25, 0.3) is 5.91 Å². The molecule has 0 aliphatic carbocycles. The maximum absolute atomic E-state index is 12.3. The Morgan fingerprint density at radius 2 is 1.76 bits per heavy atom. The molecule has 10 heteroatoms. The van der Waals surface area contributed by atoms with Gasteiger partial charge < -0.3 is 10.6 Å². The minimum atomic E-state index is -3.33. The average molecular weight is 519 g/mol. The normalized spacial score (nSPS) is 13.1. The molecule has 0 bridgehead atoms. The number of nitrogens with one attached hydrogen (secondary N) is 3. The summed E-state index contributed by atoms with van der Waals surface area (Å²) < 4.78 is 25.3. The van der Waals surface area contributed by atoms with Gasteiger partial charge in [-0.2, -0.15) is 0 Å². The van der Waals surface area contributed by atoms with Gasteiger partial charge in [-0.25, -0.2) is 18.4 Å². The van der Waals surface area contributed by atoms with Crippen LogP contribution >= 0.6 is 0 Å². The van der Waals surface area contributed by atoms with Crippen LogP contribution in [0.1, 0.15) is 35.7 Å². The first-order valence-corrected chi connectivity index (χ1v) is 13.8. The zero-order valence-corrected chi connectivity index (χ0v) is 22.0. The number of nitrogens with zero attached hydrogens (tertiary/aromatic N) is 3. The van der Waals surface area contributed by atoms with Crippen molar-refractivity contribution >= 4 is 38.3 Å². The lowest BCUT2D eigenvalue weighted by molar-refractivity contribution is 0.0964. The summed E-state index contributed by atoms with van der Waals surface area (Å²) in [6.07, 6.45) is 4.30. The molecule has 2 aromatic carbocycles. The van der Waals surface area contributed by atoms with Gasteiger partial charge in [0.1, 0.15) is 12.1 Å². The summed E-state index contributed by atoms with van der Waals surface area (Å²) in [5.74, 6) is 0.962. The minimum Gasteiger partial charge on any atom is -0.370 e. The van der Waals surface area contributed by atoms with E-state index in [9.17, 15) is 13.2 Å². The third-order valence-corrected chi connectivity index (χ3v) is 6.98. The Kier molecular flexibility index (Phi) is 7.68. The van der Waals surface area contributed by atoms with E-state index in [1.807, 2.05) is 30.3 Å². The molecule has 0 radical (unpaired) electrons. The number of carbonyl (C=O) groups is 1. The van der Waals surface area contributed by atoms with Crippen molar-refractivity contribution in [1.82, 2.24) is 20.3 Å². The van der Waals surface area contributed by atoms with Crippen LogP contribution in [0.5, 0.6) is 0 Å². The van der Waals surface area contributed by atoms with Crippen LogP contribution in [0.4, 0.5) is 11.5 Å². The van der Waals surface area contributed by atoms with Crippen molar-refractivity contribution in [2.75, 3.05) is 29.9 Å². The van der Waals surface area contributed by atoms with E-state index in [1.54, 1.807) is 31.4 Å². The van der Waals surface area contributed by atoms with Crippen LogP contribution in [0.15, 0.2) is 67.1 Å². The molecule has 37 heavy (non-hydrogen) atoms. The fraction of sp³-hybridized carbons (Fsp3) is 0.259. The Morgan fingerprint density at radius 1 is 1.00 bits per heavy atom. The summed E-state index contributed by atoms with van der Waals surface area (Å²) in [4.78, 5) is 25.6. The van der Waals surface area contributed by atoms with Crippen molar-refractivity contribution in [2.45, 2.75) is 19.8 Å². The van der Waals surface area contributed by atoms with Gasteiger partial charge in [-0.05, 0) is 35.6 Å². The van der Waals surface area contributed by atoms with Gasteiger partial charge in [0, 0.05) is 42.5 Å². The number of sulfonamides is 1. The number of carbonyl (C=O) groups excluding carboxylic acids is 1. The molecule has 3 N–H and O–H groups in total.